The van der Waals surface area contributed by atoms with Crippen molar-refractivity contribution in [2.24, 2.45) is 5.10 Å². The molecule has 4 nitrogen and oxygen atoms in total. The summed E-state index contributed by atoms with van der Waals surface area (Å²) in [6, 6.07) is 32.8. The number of hydrazone groups is 1. The third-order valence-corrected chi connectivity index (χ3v) is 7.15. The summed E-state index contributed by atoms with van der Waals surface area (Å²) in [6.45, 7) is 2.11. The van der Waals surface area contributed by atoms with Crippen molar-refractivity contribution in [3.05, 3.63) is 130 Å². The van der Waals surface area contributed by atoms with Gasteiger partial charge in [0.2, 0.25) is 0 Å². The van der Waals surface area contributed by atoms with Crippen LogP contribution in [-0.2, 0) is 0 Å². The molecule has 0 saturated carbocycles. The average Bonchev–Trinajstić information content (AvgIpc) is 3.35. The SMILES string of the molecule is Cc1ccc(C2CC(c3ccc(Nc4ccnc5cc(Cl)ccc45)cc3)=NN2c2ccc(Cl)cc2)cc1. The number of benzene rings is 4. The Kier molecular flexibility index (Phi) is 6.29. The number of hydrogen-bond donors (Lipinski definition) is 1. The molecule has 1 unspecified atom stereocenters. The highest BCUT2D eigenvalue weighted by atomic mass is 35.5. The van der Waals surface area contributed by atoms with E-state index in [4.69, 9.17) is 28.3 Å². The van der Waals surface area contributed by atoms with Crippen LogP contribution in [0.5, 0.6) is 0 Å². The number of rotatable bonds is 5. The molecule has 1 atom stereocenters. The standard InChI is InChI=1S/C31H24Cl2N4/c1-20-2-4-22(5-3-20)31-19-29(36-37(31)26-13-8-23(32)9-14-26)21-6-11-25(12-7-21)35-28-16-17-34-30-18-24(33)10-15-27(28)30/h2-18,31H,19H2,1H3,(H,34,35). The van der Waals surface area contributed by atoms with Crippen LogP contribution in [0, 0.1) is 6.92 Å². The van der Waals surface area contributed by atoms with Crippen molar-refractivity contribution in [2.75, 3.05) is 10.3 Å². The molecule has 0 saturated heterocycles. The highest BCUT2D eigenvalue weighted by Crippen LogP contribution is 2.37. The van der Waals surface area contributed by atoms with Gasteiger partial charge in [-0.25, -0.2) is 0 Å². The normalized spacial score (nSPS) is 15.2. The van der Waals surface area contributed by atoms with Crippen LogP contribution in [0.3, 0.4) is 0 Å². The number of halogens is 2. The lowest BCUT2D eigenvalue weighted by Gasteiger charge is -2.24. The Morgan fingerprint density at radius 2 is 1.54 bits per heavy atom. The largest absolute Gasteiger partial charge is 0.355 e. The average molecular weight is 523 g/mol. The van der Waals surface area contributed by atoms with Crippen LogP contribution in [0.2, 0.25) is 10.0 Å². The van der Waals surface area contributed by atoms with E-state index in [1.54, 1.807) is 6.20 Å². The van der Waals surface area contributed by atoms with Crippen LogP contribution >= 0.6 is 23.2 Å². The van der Waals surface area contributed by atoms with Gasteiger partial charge in [-0.2, -0.15) is 5.10 Å². The zero-order valence-electron chi connectivity index (χ0n) is 20.2. The second kappa shape index (κ2) is 9.89. The first-order chi connectivity index (χ1) is 18.0. The lowest BCUT2D eigenvalue weighted by molar-refractivity contribution is 0.709. The minimum Gasteiger partial charge on any atom is -0.355 e. The number of fused-ring (bicyclic) bond motifs is 1. The molecule has 0 bridgehead atoms. The zero-order chi connectivity index (χ0) is 25.4. The Bertz CT molecular complexity index is 1590. The highest BCUT2D eigenvalue weighted by Gasteiger charge is 2.30. The van der Waals surface area contributed by atoms with E-state index in [9.17, 15) is 0 Å². The Hall–Kier alpha value is -3.86. The molecular formula is C31H24Cl2N4. The molecule has 0 radical (unpaired) electrons. The van der Waals surface area contributed by atoms with E-state index in [-0.39, 0.29) is 6.04 Å². The molecular weight excluding hydrogens is 499 g/mol. The fraction of sp³-hybridized carbons (Fsp3) is 0.0968. The second-order valence-electron chi connectivity index (χ2n) is 9.22. The van der Waals surface area contributed by atoms with Crippen LogP contribution in [0.15, 0.2) is 108 Å². The molecule has 0 spiro atoms. The van der Waals surface area contributed by atoms with Crippen LogP contribution < -0.4 is 10.3 Å². The summed E-state index contributed by atoms with van der Waals surface area (Å²) in [5.41, 5.74) is 8.50. The van der Waals surface area contributed by atoms with Crippen molar-refractivity contribution in [3.63, 3.8) is 0 Å². The first-order valence-electron chi connectivity index (χ1n) is 12.1. The molecule has 6 rings (SSSR count). The fourth-order valence-corrected chi connectivity index (χ4v) is 4.99. The molecule has 1 aliphatic heterocycles. The molecule has 2 heterocycles. The lowest BCUT2D eigenvalue weighted by Crippen LogP contribution is -2.18. The van der Waals surface area contributed by atoms with Crippen LogP contribution in [0.4, 0.5) is 17.1 Å². The van der Waals surface area contributed by atoms with Crippen molar-refractivity contribution in [3.8, 4) is 0 Å². The monoisotopic (exact) mass is 522 g/mol. The van der Waals surface area contributed by atoms with Gasteiger partial charge in [0.25, 0.3) is 0 Å². The van der Waals surface area contributed by atoms with Gasteiger partial charge < -0.3 is 5.32 Å². The number of hydrogen-bond acceptors (Lipinski definition) is 4. The van der Waals surface area contributed by atoms with Crippen molar-refractivity contribution < 1.29 is 0 Å². The Morgan fingerprint density at radius 3 is 2.30 bits per heavy atom. The van der Waals surface area contributed by atoms with Gasteiger partial charge in [0.1, 0.15) is 0 Å². The number of nitrogens with one attached hydrogen (secondary N) is 1. The summed E-state index contributed by atoms with van der Waals surface area (Å²) in [5.74, 6) is 0. The summed E-state index contributed by atoms with van der Waals surface area (Å²) >= 11 is 12.3. The first-order valence-corrected chi connectivity index (χ1v) is 12.9. The van der Waals surface area contributed by atoms with Crippen molar-refractivity contribution in [1.82, 2.24) is 4.98 Å². The highest BCUT2D eigenvalue weighted by molar-refractivity contribution is 6.31. The van der Waals surface area contributed by atoms with E-state index in [0.717, 1.165) is 45.7 Å². The van der Waals surface area contributed by atoms with E-state index >= 15 is 0 Å². The van der Waals surface area contributed by atoms with Gasteiger partial charge in [0.05, 0.1) is 23.0 Å². The van der Waals surface area contributed by atoms with E-state index < -0.39 is 0 Å². The summed E-state index contributed by atoms with van der Waals surface area (Å²) < 4.78 is 0. The van der Waals surface area contributed by atoms with Gasteiger partial charge in [-0.15, -0.1) is 0 Å². The quantitative estimate of drug-likeness (QED) is 0.250. The molecule has 6 heteroatoms. The molecule has 1 N–H and O–H groups in total. The molecule has 1 aliphatic rings. The third-order valence-electron chi connectivity index (χ3n) is 6.67. The number of anilines is 3. The number of aromatic nitrogens is 1. The van der Waals surface area contributed by atoms with Gasteiger partial charge in [0.15, 0.2) is 0 Å². The number of nitrogens with zero attached hydrogens (tertiary/aromatic N) is 3. The van der Waals surface area contributed by atoms with Gasteiger partial charge in [-0.1, -0.05) is 65.2 Å². The molecule has 5 aromatic rings. The summed E-state index contributed by atoms with van der Waals surface area (Å²) in [7, 11) is 0. The molecule has 0 fully saturated rings. The minimum atomic E-state index is 0.115. The van der Waals surface area contributed by atoms with Gasteiger partial charge in [0, 0.05) is 39.4 Å². The summed E-state index contributed by atoms with van der Waals surface area (Å²) in [4.78, 5) is 4.43. The van der Waals surface area contributed by atoms with Crippen molar-refractivity contribution >= 4 is 56.9 Å². The number of aryl methyl sites for hydroxylation is 1. The maximum Gasteiger partial charge on any atom is 0.0831 e. The molecule has 182 valence electrons. The van der Waals surface area contributed by atoms with Gasteiger partial charge in [-0.05, 0) is 78.7 Å². The summed E-state index contributed by atoms with van der Waals surface area (Å²) in [5, 5.41) is 13.1. The summed E-state index contributed by atoms with van der Waals surface area (Å²) in [6.07, 6.45) is 2.60. The molecule has 4 aromatic carbocycles. The van der Waals surface area contributed by atoms with E-state index in [1.807, 2.05) is 48.5 Å². The van der Waals surface area contributed by atoms with Crippen LogP contribution in [0.25, 0.3) is 10.9 Å². The van der Waals surface area contributed by atoms with Gasteiger partial charge >= 0.3 is 0 Å². The number of pyridine rings is 1. The third kappa shape index (κ3) is 4.91. The maximum atomic E-state index is 6.16. The van der Waals surface area contributed by atoms with Gasteiger partial charge in [-0.3, -0.25) is 9.99 Å². The molecule has 37 heavy (non-hydrogen) atoms. The molecule has 1 aromatic heterocycles. The van der Waals surface area contributed by atoms with E-state index in [0.29, 0.717) is 10.0 Å². The Balaban J connectivity index is 1.28. The maximum absolute atomic E-state index is 6.16. The zero-order valence-corrected chi connectivity index (χ0v) is 21.7. The van der Waals surface area contributed by atoms with Crippen LogP contribution in [-0.4, -0.2) is 10.7 Å². The van der Waals surface area contributed by atoms with Crippen molar-refractivity contribution in [2.45, 2.75) is 19.4 Å². The Morgan fingerprint density at radius 1 is 0.811 bits per heavy atom. The fourth-order valence-electron chi connectivity index (χ4n) is 4.70. The topological polar surface area (TPSA) is 40.5 Å². The molecule has 0 aliphatic carbocycles. The second-order valence-corrected chi connectivity index (χ2v) is 10.1. The predicted molar refractivity (Wildman–Crippen MR) is 155 cm³/mol. The first kappa shape index (κ1) is 23.5. The minimum absolute atomic E-state index is 0.115. The smallest absolute Gasteiger partial charge is 0.0831 e. The van der Waals surface area contributed by atoms with E-state index in [2.05, 4.69) is 70.8 Å². The van der Waals surface area contributed by atoms with Crippen molar-refractivity contribution in [1.29, 1.82) is 0 Å². The molecule has 0 amide bonds. The van der Waals surface area contributed by atoms with Crippen LogP contribution in [0.1, 0.15) is 29.2 Å². The van der Waals surface area contributed by atoms with E-state index in [1.165, 1.54) is 11.1 Å². The lowest BCUT2D eigenvalue weighted by atomic mass is 9.97. The Labute approximate surface area is 226 Å². The predicted octanol–water partition coefficient (Wildman–Crippen LogP) is 8.95.